The molecule has 0 saturated carbocycles. The molecular weight excluding hydrogens is 243 g/mol. The minimum absolute atomic E-state index is 0.285. The van der Waals surface area contributed by atoms with Crippen LogP contribution in [0.3, 0.4) is 0 Å². The standard InChI is InChI=1S/C11H17FN2O2S/c1-8(7-13-3)17(15,16)14-11-6-4-5-10(12)9(11)2/h4-6,8,13-14H,7H2,1-3H3. The van der Waals surface area contributed by atoms with E-state index in [2.05, 4.69) is 10.0 Å². The highest BCUT2D eigenvalue weighted by atomic mass is 32.2. The zero-order valence-electron chi connectivity index (χ0n) is 10.1. The number of hydrogen-bond acceptors (Lipinski definition) is 3. The summed E-state index contributed by atoms with van der Waals surface area (Å²) in [4.78, 5) is 0. The number of rotatable bonds is 5. The molecule has 0 aliphatic heterocycles. The lowest BCUT2D eigenvalue weighted by atomic mass is 10.2. The van der Waals surface area contributed by atoms with Crippen LogP contribution in [0, 0.1) is 12.7 Å². The molecule has 0 radical (unpaired) electrons. The second-order valence-electron chi connectivity index (χ2n) is 3.93. The topological polar surface area (TPSA) is 58.2 Å². The summed E-state index contributed by atoms with van der Waals surface area (Å²) in [6.07, 6.45) is 0. The average Bonchev–Trinajstić information content (AvgIpc) is 2.25. The van der Waals surface area contributed by atoms with E-state index in [0.717, 1.165) is 0 Å². The van der Waals surface area contributed by atoms with Gasteiger partial charge in [-0.05, 0) is 33.0 Å². The first kappa shape index (κ1) is 13.9. The van der Waals surface area contributed by atoms with Crippen LogP contribution in [0.15, 0.2) is 18.2 Å². The van der Waals surface area contributed by atoms with Crippen molar-refractivity contribution in [2.24, 2.45) is 0 Å². The quantitative estimate of drug-likeness (QED) is 0.843. The molecule has 1 rings (SSSR count). The maximum Gasteiger partial charge on any atom is 0.236 e. The van der Waals surface area contributed by atoms with Gasteiger partial charge >= 0.3 is 0 Å². The van der Waals surface area contributed by atoms with Crippen molar-refractivity contribution in [2.45, 2.75) is 19.1 Å². The summed E-state index contributed by atoms with van der Waals surface area (Å²) in [7, 11) is -1.81. The predicted molar refractivity (Wildman–Crippen MR) is 67.1 cm³/mol. The number of benzene rings is 1. The van der Waals surface area contributed by atoms with Crippen LogP contribution in [-0.4, -0.2) is 27.3 Å². The monoisotopic (exact) mass is 260 g/mol. The molecule has 6 heteroatoms. The predicted octanol–water partition coefficient (Wildman–Crippen LogP) is 1.48. The number of halogens is 1. The smallest absolute Gasteiger partial charge is 0.236 e. The molecule has 96 valence electrons. The van der Waals surface area contributed by atoms with Crippen LogP contribution in [0.2, 0.25) is 0 Å². The van der Waals surface area contributed by atoms with Crippen molar-refractivity contribution in [3.8, 4) is 0 Å². The third-order valence-electron chi connectivity index (χ3n) is 2.54. The Morgan fingerprint density at radius 2 is 2.06 bits per heavy atom. The Balaban J connectivity index is 2.94. The van der Waals surface area contributed by atoms with E-state index in [-0.39, 0.29) is 5.69 Å². The molecule has 0 heterocycles. The van der Waals surface area contributed by atoms with Gasteiger partial charge in [-0.1, -0.05) is 6.07 Å². The molecule has 0 aromatic heterocycles. The van der Waals surface area contributed by atoms with Crippen LogP contribution >= 0.6 is 0 Å². The Hall–Kier alpha value is -1.14. The van der Waals surface area contributed by atoms with E-state index in [1.807, 2.05) is 0 Å². The van der Waals surface area contributed by atoms with Gasteiger partial charge in [0.2, 0.25) is 10.0 Å². The lowest BCUT2D eigenvalue weighted by Gasteiger charge is -2.15. The van der Waals surface area contributed by atoms with Crippen LogP contribution < -0.4 is 10.0 Å². The largest absolute Gasteiger partial charge is 0.318 e. The number of hydrogen-bond donors (Lipinski definition) is 2. The molecule has 1 aromatic rings. The fourth-order valence-electron chi connectivity index (χ4n) is 1.37. The summed E-state index contributed by atoms with van der Waals surface area (Å²) in [6.45, 7) is 3.47. The first-order valence-electron chi connectivity index (χ1n) is 5.30. The van der Waals surface area contributed by atoms with Crippen LogP contribution in [0.5, 0.6) is 0 Å². The van der Waals surface area contributed by atoms with E-state index in [0.29, 0.717) is 12.1 Å². The first-order chi connectivity index (χ1) is 7.88. The van der Waals surface area contributed by atoms with E-state index in [4.69, 9.17) is 0 Å². The number of sulfonamides is 1. The van der Waals surface area contributed by atoms with Gasteiger partial charge in [-0.15, -0.1) is 0 Å². The molecule has 0 aliphatic carbocycles. The fraction of sp³-hybridized carbons (Fsp3) is 0.455. The van der Waals surface area contributed by atoms with E-state index in [1.54, 1.807) is 20.0 Å². The Morgan fingerprint density at radius 1 is 1.41 bits per heavy atom. The highest BCUT2D eigenvalue weighted by molar-refractivity contribution is 7.93. The van der Waals surface area contributed by atoms with Gasteiger partial charge in [-0.3, -0.25) is 4.72 Å². The number of anilines is 1. The lowest BCUT2D eigenvalue weighted by Crippen LogP contribution is -2.33. The van der Waals surface area contributed by atoms with Crippen molar-refractivity contribution < 1.29 is 12.8 Å². The average molecular weight is 260 g/mol. The van der Waals surface area contributed by atoms with Gasteiger partial charge in [0.1, 0.15) is 5.82 Å². The van der Waals surface area contributed by atoms with Crippen molar-refractivity contribution >= 4 is 15.7 Å². The maximum atomic E-state index is 13.3. The number of nitrogens with one attached hydrogen (secondary N) is 2. The van der Waals surface area contributed by atoms with Crippen molar-refractivity contribution in [1.29, 1.82) is 0 Å². The Labute approximate surface area is 101 Å². The summed E-state index contributed by atoms with van der Waals surface area (Å²) in [5, 5.41) is 2.20. The highest BCUT2D eigenvalue weighted by Gasteiger charge is 2.20. The van der Waals surface area contributed by atoms with E-state index < -0.39 is 21.1 Å². The molecule has 0 aliphatic rings. The summed E-state index contributed by atoms with van der Waals surface area (Å²) in [5.41, 5.74) is 0.584. The Morgan fingerprint density at radius 3 is 2.65 bits per heavy atom. The molecule has 1 atom stereocenters. The van der Waals surface area contributed by atoms with Gasteiger partial charge in [0.05, 0.1) is 10.9 Å². The van der Waals surface area contributed by atoms with Gasteiger partial charge in [0.15, 0.2) is 0 Å². The molecule has 0 amide bonds. The van der Waals surface area contributed by atoms with Gasteiger partial charge in [0, 0.05) is 12.1 Å². The van der Waals surface area contributed by atoms with Crippen molar-refractivity contribution in [3.05, 3.63) is 29.6 Å². The molecule has 0 saturated heterocycles. The minimum Gasteiger partial charge on any atom is -0.318 e. The SMILES string of the molecule is CNCC(C)S(=O)(=O)Nc1cccc(F)c1C. The minimum atomic E-state index is -3.49. The molecule has 1 aromatic carbocycles. The normalized spacial score (nSPS) is 13.4. The molecule has 0 spiro atoms. The van der Waals surface area contributed by atoms with Crippen molar-refractivity contribution in [2.75, 3.05) is 18.3 Å². The first-order valence-corrected chi connectivity index (χ1v) is 6.84. The summed E-state index contributed by atoms with van der Waals surface area (Å²) in [5.74, 6) is -0.425. The van der Waals surface area contributed by atoms with Crippen molar-refractivity contribution in [1.82, 2.24) is 5.32 Å². The van der Waals surface area contributed by atoms with E-state index in [9.17, 15) is 12.8 Å². The molecule has 0 fully saturated rings. The molecule has 2 N–H and O–H groups in total. The molecule has 1 unspecified atom stereocenters. The summed E-state index contributed by atoms with van der Waals surface area (Å²) < 4.78 is 39.4. The summed E-state index contributed by atoms with van der Waals surface area (Å²) in [6, 6.07) is 4.31. The summed E-state index contributed by atoms with van der Waals surface area (Å²) >= 11 is 0. The second-order valence-corrected chi connectivity index (χ2v) is 6.03. The zero-order valence-corrected chi connectivity index (χ0v) is 10.9. The highest BCUT2D eigenvalue weighted by Crippen LogP contribution is 2.19. The van der Waals surface area contributed by atoms with Crippen molar-refractivity contribution in [3.63, 3.8) is 0 Å². The van der Waals surface area contributed by atoms with Gasteiger partial charge in [-0.2, -0.15) is 0 Å². The second kappa shape index (κ2) is 5.46. The van der Waals surface area contributed by atoms with Gasteiger partial charge in [0.25, 0.3) is 0 Å². The van der Waals surface area contributed by atoms with E-state index >= 15 is 0 Å². The third kappa shape index (κ3) is 3.41. The maximum absolute atomic E-state index is 13.3. The molecule has 17 heavy (non-hydrogen) atoms. The van der Waals surface area contributed by atoms with Crippen LogP contribution in [0.25, 0.3) is 0 Å². The third-order valence-corrected chi connectivity index (χ3v) is 4.27. The Bertz CT molecular complexity index is 488. The lowest BCUT2D eigenvalue weighted by molar-refractivity contribution is 0.583. The van der Waals surface area contributed by atoms with E-state index in [1.165, 1.54) is 19.1 Å². The Kier molecular flexibility index (Phi) is 4.47. The molecular formula is C11H17FN2O2S. The van der Waals surface area contributed by atoms with Crippen LogP contribution in [0.4, 0.5) is 10.1 Å². The van der Waals surface area contributed by atoms with Crippen LogP contribution in [-0.2, 0) is 10.0 Å². The fourth-order valence-corrected chi connectivity index (χ4v) is 2.48. The van der Waals surface area contributed by atoms with Crippen LogP contribution in [0.1, 0.15) is 12.5 Å². The molecule has 4 nitrogen and oxygen atoms in total. The van der Waals surface area contributed by atoms with Gasteiger partial charge in [-0.25, -0.2) is 12.8 Å². The molecule has 0 bridgehead atoms. The van der Waals surface area contributed by atoms with Gasteiger partial charge < -0.3 is 5.32 Å². The zero-order chi connectivity index (χ0) is 13.1.